The zero-order valence-electron chi connectivity index (χ0n) is 76.6. The van der Waals surface area contributed by atoms with Crippen LogP contribution in [0.15, 0.2) is 170 Å². The lowest BCUT2D eigenvalue weighted by Crippen LogP contribution is -2.30. The van der Waals surface area contributed by atoms with Gasteiger partial charge >= 0.3 is 33.6 Å². The molecule has 4 N–H and O–H groups in total. The van der Waals surface area contributed by atoms with Crippen LogP contribution in [0.1, 0.15) is 406 Å². The van der Waals surface area contributed by atoms with E-state index in [9.17, 15) is 43.5 Å². The van der Waals surface area contributed by atoms with E-state index in [4.69, 9.17) is 32.3 Å². The summed E-state index contributed by atoms with van der Waals surface area (Å²) in [5.41, 5.74) is 0. The molecule has 694 valence electrons. The molecule has 5 atom stereocenters. The smallest absolute Gasteiger partial charge is 0.463 e. The van der Waals surface area contributed by atoms with Crippen LogP contribution in [0.5, 0.6) is 0 Å². The number of rotatable bonds is 91. The monoisotopic (exact) mass is 1730 g/mol. The fourth-order valence-electron chi connectivity index (χ4n) is 13.2. The number of phosphoric acid groups is 2. The average Bonchev–Trinajstić information content (AvgIpc) is 0.964. The lowest BCUT2D eigenvalue weighted by Gasteiger charge is -2.21. The molecular formula is C103H176O16P2. The summed E-state index contributed by atoms with van der Waals surface area (Å²) in [6, 6.07) is 0. The number of phosphoric ester groups is 2. The van der Waals surface area contributed by atoms with Gasteiger partial charge in [-0.25, -0.2) is 9.13 Å². The minimum absolute atomic E-state index is 0.0238. The van der Waals surface area contributed by atoms with Gasteiger partial charge in [0.1, 0.15) is 25.4 Å². The van der Waals surface area contributed by atoms with Crippen LogP contribution in [0, 0.1) is 0 Å². The van der Waals surface area contributed by atoms with E-state index in [1.54, 1.807) is 0 Å². The van der Waals surface area contributed by atoms with E-state index >= 15 is 0 Å². The van der Waals surface area contributed by atoms with Crippen molar-refractivity contribution < 1.29 is 75.8 Å². The first-order valence-electron chi connectivity index (χ1n) is 48.4. The number of aliphatic hydroxyl groups excluding tert-OH is 2. The molecule has 0 aliphatic heterocycles. The Morgan fingerprint density at radius 2 is 0.446 bits per heavy atom. The number of aliphatic hydroxyl groups is 2. The van der Waals surface area contributed by atoms with E-state index in [2.05, 4.69) is 179 Å². The maximum Gasteiger partial charge on any atom is 0.472 e. The summed E-state index contributed by atoms with van der Waals surface area (Å²) in [5.74, 6) is -1.63. The Kier molecular flexibility index (Phi) is 90.1. The number of hydrogen-bond donors (Lipinski definition) is 4. The van der Waals surface area contributed by atoms with Crippen LogP contribution >= 0.6 is 15.6 Å². The first-order valence-corrected chi connectivity index (χ1v) is 51.4. The second kappa shape index (κ2) is 94.1. The predicted molar refractivity (Wildman–Crippen MR) is 509 cm³/mol. The van der Waals surface area contributed by atoms with Crippen molar-refractivity contribution in [3.05, 3.63) is 170 Å². The van der Waals surface area contributed by atoms with Crippen LogP contribution in [0.4, 0.5) is 0 Å². The summed E-state index contributed by atoms with van der Waals surface area (Å²) in [4.78, 5) is 59.0. The molecule has 16 nitrogen and oxygen atoms in total. The van der Waals surface area contributed by atoms with E-state index < -0.39 is 91.5 Å². The fraction of sp³-hybridized carbons (Fsp3) is 0.699. The topological polar surface area (TPSA) is 231 Å². The molecule has 0 amide bonds. The average molecular weight is 1730 g/mol. The van der Waals surface area contributed by atoms with Crippen LogP contribution in [-0.4, -0.2) is 95.9 Å². The summed E-state index contributed by atoms with van der Waals surface area (Å²) < 4.78 is 61.4. The van der Waals surface area contributed by atoms with Crippen molar-refractivity contribution in [2.45, 2.75) is 424 Å². The van der Waals surface area contributed by atoms with Gasteiger partial charge in [0.2, 0.25) is 0 Å². The maximum absolute atomic E-state index is 13.0. The molecule has 0 bridgehead atoms. The lowest BCUT2D eigenvalue weighted by atomic mass is 10.0. The molecule has 0 radical (unpaired) electrons. The van der Waals surface area contributed by atoms with Gasteiger partial charge in [-0.2, -0.15) is 0 Å². The van der Waals surface area contributed by atoms with Crippen molar-refractivity contribution >= 4 is 33.6 Å². The van der Waals surface area contributed by atoms with Crippen molar-refractivity contribution in [1.29, 1.82) is 0 Å². The van der Waals surface area contributed by atoms with Gasteiger partial charge in [-0.1, -0.05) is 409 Å². The maximum atomic E-state index is 13.0. The number of carbonyl (C=O) groups excluding carboxylic acids is 3. The van der Waals surface area contributed by atoms with Gasteiger partial charge in [-0.05, 0) is 148 Å². The molecular weight excluding hydrogens is 1560 g/mol. The molecule has 0 aliphatic carbocycles. The van der Waals surface area contributed by atoms with E-state index in [0.717, 1.165) is 128 Å². The van der Waals surface area contributed by atoms with Gasteiger partial charge in [0.05, 0.1) is 26.4 Å². The fourth-order valence-corrected chi connectivity index (χ4v) is 14.7. The third-order valence-corrected chi connectivity index (χ3v) is 22.3. The van der Waals surface area contributed by atoms with Crippen LogP contribution in [0.3, 0.4) is 0 Å². The molecule has 5 unspecified atom stereocenters. The van der Waals surface area contributed by atoms with Gasteiger partial charge in [-0.15, -0.1) is 0 Å². The molecule has 0 fully saturated rings. The standard InChI is InChI=1S/C103H176O16P2/c1-4-7-10-13-16-19-22-25-28-31-33-35-37-39-41-43-45-47-48-50-52-53-55-57-59-61-63-66-68-71-74-77-80-83-86-89-101(106)113-92-98(104)93-115-120(109,110)116-94-99(105)95-117-121(111,112)118-97-100(119-103(108)91-88-85-82-79-76-73-70-65-30-27-24-21-18-15-12-9-6-3)96-114-102(107)90-87-84-81-78-75-72-69-67-64-62-60-58-56-54-51-49-46-44-42-40-38-36-34-32-29-26-23-20-17-14-11-8-5-2/h8-9,11-12,16-21,25-30,33-36,39-42,70,73,79,82,98-100,104-105H,4-7,10,13-15,22-24,31-32,37-38,43-69,71-72,74-78,80-81,83-97H2,1-3H3,(H,109,110)(H,111,112)/b11-8-,12-9-,19-16-,20-17-,21-18-,28-25-,29-26-,30-27-,35-33-,36-34-,41-39-,42-40-,73-70-,82-79-. The first kappa shape index (κ1) is 116. The number of ether oxygens (including phenoxy) is 3. The van der Waals surface area contributed by atoms with E-state index in [-0.39, 0.29) is 19.3 Å². The van der Waals surface area contributed by atoms with E-state index in [0.29, 0.717) is 25.7 Å². The van der Waals surface area contributed by atoms with Gasteiger partial charge in [0.15, 0.2) is 6.10 Å². The summed E-state index contributed by atoms with van der Waals surface area (Å²) in [7, 11) is -9.83. The number of hydrogen-bond acceptors (Lipinski definition) is 14. The minimum Gasteiger partial charge on any atom is -0.463 e. The Labute approximate surface area is 739 Å². The Hall–Kier alpha value is -5.09. The molecule has 0 aromatic heterocycles. The second-order valence-electron chi connectivity index (χ2n) is 32.1. The van der Waals surface area contributed by atoms with Crippen LogP contribution in [0.25, 0.3) is 0 Å². The highest BCUT2D eigenvalue weighted by atomic mass is 31.2. The van der Waals surface area contributed by atoms with Gasteiger partial charge in [0, 0.05) is 19.3 Å². The predicted octanol–water partition coefficient (Wildman–Crippen LogP) is 30.2. The Balaban J connectivity index is 4.47. The summed E-state index contributed by atoms with van der Waals surface area (Å²) in [5, 5.41) is 20.7. The molecule has 18 heteroatoms. The highest BCUT2D eigenvalue weighted by Crippen LogP contribution is 2.45. The molecule has 121 heavy (non-hydrogen) atoms. The van der Waals surface area contributed by atoms with Crippen LogP contribution in [0.2, 0.25) is 0 Å². The molecule has 0 aromatic carbocycles. The number of carbonyl (C=O) groups is 3. The molecule has 0 saturated carbocycles. The first-order chi connectivity index (χ1) is 59.2. The summed E-state index contributed by atoms with van der Waals surface area (Å²) in [6.07, 6.45) is 123. The van der Waals surface area contributed by atoms with Crippen molar-refractivity contribution in [2.75, 3.05) is 39.6 Å². The quantitative estimate of drug-likeness (QED) is 0.0146. The van der Waals surface area contributed by atoms with Crippen molar-refractivity contribution in [3.8, 4) is 0 Å². The number of allylic oxidation sites excluding steroid dienone is 28. The Bertz CT molecular complexity index is 2880. The highest BCUT2D eigenvalue weighted by Gasteiger charge is 2.30. The SMILES string of the molecule is CC/C=C\C/C=C\C/C=C\C/C=C\C/C=C\CCCCCCCCCCCCCCCCCCCC(=O)OCC(COP(=O)(O)OCC(O)COP(=O)(O)OCC(O)COC(=O)CCCCCCCCCCCCCCCCCCCCC/C=C\C/C=C\C/C=C\C/C=C\CCCCC)OC(=O)CCC/C=C\C/C=C\C/C=C\C/C=C\C/C=C\CC. The number of unbranched alkanes of at least 4 members (excludes halogenated alkanes) is 40. The Morgan fingerprint density at radius 1 is 0.240 bits per heavy atom. The number of esters is 3. The molecule has 0 spiro atoms. The zero-order chi connectivity index (χ0) is 87.9. The zero-order valence-corrected chi connectivity index (χ0v) is 78.4. The lowest BCUT2D eigenvalue weighted by molar-refractivity contribution is -0.161. The molecule has 0 aliphatic rings. The van der Waals surface area contributed by atoms with E-state index in [1.165, 1.54) is 212 Å². The molecule has 0 rings (SSSR count). The van der Waals surface area contributed by atoms with Gasteiger partial charge in [-0.3, -0.25) is 32.5 Å². The largest absolute Gasteiger partial charge is 0.472 e. The second-order valence-corrected chi connectivity index (χ2v) is 35.0. The molecule has 0 aromatic rings. The van der Waals surface area contributed by atoms with E-state index in [1.807, 2.05) is 12.2 Å². The minimum atomic E-state index is -4.96. The van der Waals surface area contributed by atoms with Gasteiger partial charge < -0.3 is 34.2 Å². The van der Waals surface area contributed by atoms with Crippen LogP contribution < -0.4 is 0 Å². The third-order valence-electron chi connectivity index (χ3n) is 20.4. The van der Waals surface area contributed by atoms with Crippen molar-refractivity contribution in [1.82, 2.24) is 0 Å². The van der Waals surface area contributed by atoms with Crippen molar-refractivity contribution in [2.24, 2.45) is 0 Å². The summed E-state index contributed by atoms with van der Waals surface area (Å²) in [6.45, 7) is 2.41. The van der Waals surface area contributed by atoms with Gasteiger partial charge in [0.25, 0.3) is 0 Å². The molecule has 0 saturated heterocycles. The summed E-state index contributed by atoms with van der Waals surface area (Å²) >= 11 is 0. The normalized spacial score (nSPS) is 14.5. The van der Waals surface area contributed by atoms with Crippen molar-refractivity contribution in [3.63, 3.8) is 0 Å². The molecule has 0 heterocycles. The Morgan fingerprint density at radius 3 is 0.719 bits per heavy atom. The third kappa shape index (κ3) is 95.4. The highest BCUT2D eigenvalue weighted by molar-refractivity contribution is 7.47. The van der Waals surface area contributed by atoms with Crippen LogP contribution in [-0.2, 0) is 55.8 Å².